The maximum absolute atomic E-state index is 6.20. The van der Waals surface area contributed by atoms with Gasteiger partial charge in [0.25, 0.3) is 0 Å². The molecule has 2 heterocycles. The van der Waals surface area contributed by atoms with Crippen molar-refractivity contribution in [1.29, 1.82) is 0 Å². The summed E-state index contributed by atoms with van der Waals surface area (Å²) in [6.45, 7) is 6.25. The van der Waals surface area contributed by atoms with Gasteiger partial charge in [-0.2, -0.15) is 5.10 Å². The summed E-state index contributed by atoms with van der Waals surface area (Å²) in [5.74, 6) is 0.629. The molecule has 2 unspecified atom stereocenters. The highest BCUT2D eigenvalue weighted by molar-refractivity contribution is 6.20. The quantitative estimate of drug-likeness (QED) is 0.768. The van der Waals surface area contributed by atoms with Crippen LogP contribution in [-0.4, -0.2) is 30.6 Å². The van der Waals surface area contributed by atoms with Crippen LogP contribution < -0.4 is 0 Å². The zero-order chi connectivity index (χ0) is 11.7. The predicted molar refractivity (Wildman–Crippen MR) is 61.5 cm³/mol. The number of aromatic nitrogens is 5. The average Bonchev–Trinajstić information content (AvgIpc) is 2.63. The van der Waals surface area contributed by atoms with E-state index in [4.69, 9.17) is 11.6 Å². The summed E-state index contributed by atoms with van der Waals surface area (Å²) in [6, 6.07) is 3.80. The molecule has 16 heavy (non-hydrogen) atoms. The van der Waals surface area contributed by atoms with Crippen LogP contribution in [0, 0.1) is 5.92 Å². The zero-order valence-corrected chi connectivity index (χ0v) is 10.3. The van der Waals surface area contributed by atoms with Crippen molar-refractivity contribution in [2.24, 2.45) is 5.92 Å². The van der Waals surface area contributed by atoms with E-state index in [-0.39, 0.29) is 11.3 Å². The van der Waals surface area contributed by atoms with Crippen molar-refractivity contribution in [2.75, 3.05) is 0 Å². The molecule has 0 aliphatic carbocycles. The molecule has 2 aromatic heterocycles. The van der Waals surface area contributed by atoms with Crippen LogP contribution in [0.4, 0.5) is 0 Å². The largest absolute Gasteiger partial charge is 0.199 e. The van der Waals surface area contributed by atoms with Crippen molar-refractivity contribution in [2.45, 2.75) is 32.1 Å². The average molecular weight is 240 g/mol. The van der Waals surface area contributed by atoms with Gasteiger partial charge in [0.15, 0.2) is 5.65 Å². The highest BCUT2D eigenvalue weighted by atomic mass is 35.5. The lowest BCUT2D eigenvalue weighted by atomic mass is 9.89. The summed E-state index contributed by atoms with van der Waals surface area (Å²) in [5.41, 5.74) is 1.57. The standard InChI is InChI=1S/C10H14ClN5/c1-6(2)10(7(3)11)8-4-5-9-12-14-15-16(9)13-8/h4-7,10H,1-3H3. The van der Waals surface area contributed by atoms with E-state index >= 15 is 0 Å². The molecule has 0 N–H and O–H groups in total. The van der Waals surface area contributed by atoms with Gasteiger partial charge in [0.1, 0.15) is 0 Å². The summed E-state index contributed by atoms with van der Waals surface area (Å²) in [7, 11) is 0. The lowest BCUT2D eigenvalue weighted by molar-refractivity contribution is 0.470. The minimum Gasteiger partial charge on any atom is -0.152 e. The highest BCUT2D eigenvalue weighted by Crippen LogP contribution is 2.29. The third-order valence-corrected chi connectivity index (χ3v) is 2.92. The number of rotatable bonds is 3. The first-order valence-corrected chi connectivity index (χ1v) is 5.72. The van der Waals surface area contributed by atoms with Crippen LogP contribution in [0.1, 0.15) is 32.4 Å². The van der Waals surface area contributed by atoms with Gasteiger partial charge in [-0.15, -0.1) is 21.3 Å². The van der Waals surface area contributed by atoms with E-state index in [9.17, 15) is 0 Å². The Morgan fingerprint density at radius 1 is 1.25 bits per heavy atom. The molecule has 0 aliphatic heterocycles. The van der Waals surface area contributed by atoms with Crippen molar-refractivity contribution < 1.29 is 0 Å². The molecule has 0 spiro atoms. The second kappa shape index (κ2) is 4.33. The lowest BCUT2D eigenvalue weighted by Crippen LogP contribution is -2.18. The molecule has 2 aromatic rings. The van der Waals surface area contributed by atoms with E-state index in [1.54, 1.807) is 0 Å². The van der Waals surface area contributed by atoms with E-state index in [1.807, 2.05) is 19.1 Å². The SMILES string of the molecule is CC(C)C(c1ccc2nnnn2n1)C(C)Cl. The van der Waals surface area contributed by atoms with Gasteiger partial charge < -0.3 is 0 Å². The first-order valence-electron chi connectivity index (χ1n) is 5.29. The smallest absolute Gasteiger partial charge is 0.152 e. The Labute approximate surface area is 98.8 Å². The monoisotopic (exact) mass is 239 g/mol. The van der Waals surface area contributed by atoms with Gasteiger partial charge in [-0.3, -0.25) is 0 Å². The van der Waals surface area contributed by atoms with Crippen LogP contribution in [0.5, 0.6) is 0 Å². The number of alkyl halides is 1. The number of halogens is 1. The Kier molecular flexibility index (Phi) is 3.05. The van der Waals surface area contributed by atoms with Gasteiger partial charge in [0, 0.05) is 11.3 Å². The first kappa shape index (κ1) is 11.3. The number of hydrogen-bond acceptors (Lipinski definition) is 4. The maximum atomic E-state index is 6.20. The molecule has 5 nitrogen and oxygen atoms in total. The minimum absolute atomic E-state index is 0.0291. The molecule has 0 fully saturated rings. The fourth-order valence-electron chi connectivity index (χ4n) is 1.95. The molecule has 0 amide bonds. The van der Waals surface area contributed by atoms with Crippen molar-refractivity contribution in [3.8, 4) is 0 Å². The molecule has 0 bridgehead atoms. The number of tetrazole rings is 1. The van der Waals surface area contributed by atoms with Crippen LogP contribution in [-0.2, 0) is 0 Å². The normalized spacial score (nSPS) is 15.6. The molecule has 0 aromatic carbocycles. The molecule has 0 radical (unpaired) electrons. The number of hydrogen-bond donors (Lipinski definition) is 0. The Balaban J connectivity index is 2.44. The van der Waals surface area contributed by atoms with Crippen LogP contribution >= 0.6 is 11.6 Å². The molecular formula is C10H14ClN5. The molecular weight excluding hydrogens is 226 g/mol. The fourth-order valence-corrected chi connectivity index (χ4v) is 2.37. The van der Waals surface area contributed by atoms with Crippen molar-refractivity contribution in [3.63, 3.8) is 0 Å². The predicted octanol–water partition coefficient (Wildman–Crippen LogP) is 1.89. The van der Waals surface area contributed by atoms with E-state index in [2.05, 4.69) is 34.5 Å². The fraction of sp³-hybridized carbons (Fsp3) is 0.600. The van der Waals surface area contributed by atoms with Gasteiger partial charge >= 0.3 is 0 Å². The van der Waals surface area contributed by atoms with Crippen LogP contribution in [0.3, 0.4) is 0 Å². The summed E-state index contributed by atoms with van der Waals surface area (Å²) in [6.07, 6.45) is 0. The molecule has 0 saturated heterocycles. The Bertz CT molecular complexity index is 471. The van der Waals surface area contributed by atoms with Gasteiger partial charge in [-0.1, -0.05) is 13.8 Å². The van der Waals surface area contributed by atoms with Crippen LogP contribution in [0.15, 0.2) is 12.1 Å². The van der Waals surface area contributed by atoms with Crippen LogP contribution in [0.2, 0.25) is 0 Å². The zero-order valence-electron chi connectivity index (χ0n) is 9.50. The van der Waals surface area contributed by atoms with Crippen molar-refractivity contribution in [3.05, 3.63) is 17.8 Å². The van der Waals surface area contributed by atoms with Gasteiger partial charge in [0.2, 0.25) is 0 Å². The van der Waals surface area contributed by atoms with E-state index in [0.717, 1.165) is 5.69 Å². The molecule has 2 atom stereocenters. The Morgan fingerprint density at radius 2 is 2.00 bits per heavy atom. The summed E-state index contributed by atoms with van der Waals surface area (Å²) >= 11 is 6.20. The number of fused-ring (bicyclic) bond motifs is 1. The van der Waals surface area contributed by atoms with Crippen molar-refractivity contribution in [1.82, 2.24) is 25.3 Å². The first-order chi connectivity index (χ1) is 7.59. The van der Waals surface area contributed by atoms with Crippen LogP contribution in [0.25, 0.3) is 5.65 Å². The van der Waals surface area contributed by atoms with Crippen molar-refractivity contribution >= 4 is 17.2 Å². The van der Waals surface area contributed by atoms with E-state index < -0.39 is 0 Å². The van der Waals surface area contributed by atoms with E-state index in [0.29, 0.717) is 11.6 Å². The van der Waals surface area contributed by atoms with Gasteiger partial charge in [-0.05, 0) is 35.4 Å². The summed E-state index contributed by atoms with van der Waals surface area (Å²) in [4.78, 5) is 0. The third-order valence-electron chi connectivity index (χ3n) is 2.64. The van der Waals surface area contributed by atoms with Gasteiger partial charge in [-0.25, -0.2) is 0 Å². The minimum atomic E-state index is 0.0291. The second-order valence-electron chi connectivity index (χ2n) is 4.23. The highest BCUT2D eigenvalue weighted by Gasteiger charge is 2.23. The Morgan fingerprint density at radius 3 is 2.62 bits per heavy atom. The topological polar surface area (TPSA) is 56.0 Å². The van der Waals surface area contributed by atoms with Gasteiger partial charge in [0.05, 0.1) is 5.69 Å². The molecule has 86 valence electrons. The molecule has 0 saturated carbocycles. The molecule has 0 aliphatic rings. The third kappa shape index (κ3) is 2.00. The maximum Gasteiger partial charge on any atom is 0.199 e. The Hall–Kier alpha value is -1.23. The second-order valence-corrected chi connectivity index (χ2v) is 4.92. The summed E-state index contributed by atoms with van der Waals surface area (Å²) in [5, 5.41) is 15.6. The van der Waals surface area contributed by atoms with E-state index in [1.165, 1.54) is 4.63 Å². The number of nitrogens with zero attached hydrogens (tertiary/aromatic N) is 5. The lowest BCUT2D eigenvalue weighted by Gasteiger charge is -2.22. The molecule has 2 rings (SSSR count). The molecule has 6 heteroatoms. The summed E-state index contributed by atoms with van der Waals surface area (Å²) < 4.78 is 1.43.